The number of aliphatic hydroxyl groups excluding tert-OH is 1. The molecule has 1 aromatic heterocycles. The minimum Gasteiger partial charge on any atom is -0.387 e. The molecule has 2 rings (SSSR count). The molecule has 1 fully saturated rings. The van der Waals surface area contributed by atoms with Crippen LogP contribution in [0.3, 0.4) is 0 Å². The number of pyridine rings is 1. The third kappa shape index (κ3) is 5.10. The summed E-state index contributed by atoms with van der Waals surface area (Å²) < 4.78 is 0. The summed E-state index contributed by atoms with van der Waals surface area (Å²) in [5.41, 5.74) is 0.731. The smallest absolute Gasteiger partial charge is 0.220 e. The minimum atomic E-state index is -0.690. The fraction of sp³-hybridized carbons (Fsp3) is 0.625. The molecule has 21 heavy (non-hydrogen) atoms. The van der Waals surface area contributed by atoms with Crippen molar-refractivity contribution >= 4 is 5.91 Å². The summed E-state index contributed by atoms with van der Waals surface area (Å²) >= 11 is 0. The van der Waals surface area contributed by atoms with Crippen LogP contribution in [0.1, 0.15) is 37.9 Å². The number of nitrogens with one attached hydrogen (secondary N) is 1. The first-order valence-electron chi connectivity index (χ1n) is 7.76. The second-order valence-electron chi connectivity index (χ2n) is 5.69. The monoisotopic (exact) mass is 291 g/mol. The van der Waals surface area contributed by atoms with Gasteiger partial charge in [0, 0.05) is 30.9 Å². The van der Waals surface area contributed by atoms with Crippen molar-refractivity contribution in [2.24, 2.45) is 5.92 Å². The molecule has 1 saturated heterocycles. The van der Waals surface area contributed by atoms with Crippen LogP contribution in [0.2, 0.25) is 0 Å². The Morgan fingerprint density at radius 1 is 1.52 bits per heavy atom. The summed E-state index contributed by atoms with van der Waals surface area (Å²) in [4.78, 5) is 18.3. The summed E-state index contributed by atoms with van der Waals surface area (Å²) in [6.45, 7) is 5.70. The summed E-state index contributed by atoms with van der Waals surface area (Å²) in [6, 6.07) is 3.59. The third-order valence-electron chi connectivity index (χ3n) is 4.19. The van der Waals surface area contributed by atoms with E-state index in [-0.39, 0.29) is 12.5 Å². The molecule has 0 spiro atoms. The van der Waals surface area contributed by atoms with Crippen molar-refractivity contribution in [1.29, 1.82) is 0 Å². The molecule has 116 valence electrons. The van der Waals surface area contributed by atoms with E-state index >= 15 is 0 Å². The highest BCUT2D eigenvalue weighted by atomic mass is 16.3. The first-order valence-corrected chi connectivity index (χ1v) is 7.76. The largest absolute Gasteiger partial charge is 0.387 e. The molecule has 0 saturated carbocycles. The van der Waals surface area contributed by atoms with Crippen LogP contribution in [0.15, 0.2) is 24.5 Å². The topological polar surface area (TPSA) is 65.5 Å². The molecule has 0 bridgehead atoms. The van der Waals surface area contributed by atoms with Crippen molar-refractivity contribution in [3.05, 3.63) is 30.1 Å². The Morgan fingerprint density at radius 3 is 2.90 bits per heavy atom. The Morgan fingerprint density at radius 2 is 2.29 bits per heavy atom. The number of amides is 1. The van der Waals surface area contributed by atoms with E-state index in [0.717, 1.165) is 38.0 Å². The molecular formula is C16H25N3O2. The van der Waals surface area contributed by atoms with Crippen molar-refractivity contribution in [3.8, 4) is 0 Å². The molecule has 5 heteroatoms. The summed E-state index contributed by atoms with van der Waals surface area (Å²) in [5.74, 6) is 0.510. The van der Waals surface area contributed by atoms with Gasteiger partial charge in [0.25, 0.3) is 0 Å². The second-order valence-corrected chi connectivity index (χ2v) is 5.69. The number of carbonyl (C=O) groups is 1. The quantitative estimate of drug-likeness (QED) is 0.830. The number of carbonyl (C=O) groups excluding carboxylic acids is 1. The van der Waals surface area contributed by atoms with Gasteiger partial charge in [-0.1, -0.05) is 13.0 Å². The number of aromatic nitrogens is 1. The van der Waals surface area contributed by atoms with Crippen LogP contribution in [0.4, 0.5) is 0 Å². The van der Waals surface area contributed by atoms with Gasteiger partial charge in [0.05, 0.1) is 6.10 Å². The predicted octanol–water partition coefficient (Wildman–Crippen LogP) is 1.35. The van der Waals surface area contributed by atoms with Crippen molar-refractivity contribution in [2.75, 3.05) is 26.2 Å². The maximum atomic E-state index is 11.9. The Kier molecular flexibility index (Phi) is 6.14. The number of aliphatic hydroxyl groups is 1. The minimum absolute atomic E-state index is 0.0351. The second kappa shape index (κ2) is 8.10. The van der Waals surface area contributed by atoms with E-state index in [1.165, 1.54) is 0 Å². The average molecular weight is 291 g/mol. The lowest BCUT2D eigenvalue weighted by molar-refractivity contribution is -0.122. The SMILES string of the molecule is CCN1CCC(CC(=O)NC[C@H](O)c2cccnc2)CC1. The lowest BCUT2D eigenvalue weighted by atomic mass is 9.93. The number of hydrogen-bond donors (Lipinski definition) is 2. The van der Waals surface area contributed by atoms with Crippen LogP contribution in [0.25, 0.3) is 0 Å². The van der Waals surface area contributed by atoms with Crippen LogP contribution in [-0.2, 0) is 4.79 Å². The van der Waals surface area contributed by atoms with Crippen LogP contribution in [0, 0.1) is 5.92 Å². The van der Waals surface area contributed by atoms with E-state index in [1.54, 1.807) is 18.5 Å². The molecule has 0 unspecified atom stereocenters. The molecule has 0 aromatic carbocycles. The number of piperidine rings is 1. The van der Waals surface area contributed by atoms with E-state index in [0.29, 0.717) is 12.3 Å². The van der Waals surface area contributed by atoms with Gasteiger partial charge in [-0.25, -0.2) is 0 Å². The van der Waals surface area contributed by atoms with Gasteiger partial charge >= 0.3 is 0 Å². The highest BCUT2D eigenvalue weighted by Crippen LogP contribution is 2.20. The normalized spacial score (nSPS) is 18.4. The molecule has 2 N–H and O–H groups in total. The summed E-state index contributed by atoms with van der Waals surface area (Å²) in [6.07, 6.45) is 5.34. The van der Waals surface area contributed by atoms with Gasteiger partial charge in [-0.2, -0.15) is 0 Å². The van der Waals surface area contributed by atoms with Gasteiger partial charge in [0.15, 0.2) is 0 Å². The molecule has 1 aliphatic rings. The third-order valence-corrected chi connectivity index (χ3v) is 4.19. The molecule has 5 nitrogen and oxygen atoms in total. The predicted molar refractivity (Wildman–Crippen MR) is 81.7 cm³/mol. The van der Waals surface area contributed by atoms with Crippen LogP contribution in [-0.4, -0.2) is 47.1 Å². The van der Waals surface area contributed by atoms with Gasteiger partial charge in [0.2, 0.25) is 5.91 Å². The molecule has 2 heterocycles. The van der Waals surface area contributed by atoms with Gasteiger partial charge in [0.1, 0.15) is 0 Å². The fourth-order valence-corrected chi connectivity index (χ4v) is 2.74. The Balaban J connectivity index is 1.68. The Bertz CT molecular complexity index is 430. The maximum absolute atomic E-state index is 11.9. The zero-order chi connectivity index (χ0) is 15.1. The van der Waals surface area contributed by atoms with Crippen molar-refractivity contribution in [1.82, 2.24) is 15.2 Å². The Labute approximate surface area is 126 Å². The molecule has 1 aromatic rings. The van der Waals surface area contributed by atoms with Crippen molar-refractivity contribution < 1.29 is 9.90 Å². The highest BCUT2D eigenvalue weighted by Gasteiger charge is 2.20. The van der Waals surface area contributed by atoms with Crippen LogP contribution < -0.4 is 5.32 Å². The lowest BCUT2D eigenvalue weighted by Crippen LogP contribution is -2.36. The fourth-order valence-electron chi connectivity index (χ4n) is 2.74. The van der Waals surface area contributed by atoms with Crippen LogP contribution in [0.5, 0.6) is 0 Å². The van der Waals surface area contributed by atoms with Crippen molar-refractivity contribution in [2.45, 2.75) is 32.3 Å². The molecule has 0 aliphatic carbocycles. The average Bonchev–Trinajstić information content (AvgIpc) is 2.54. The first kappa shape index (κ1) is 15.9. The molecular weight excluding hydrogens is 266 g/mol. The summed E-state index contributed by atoms with van der Waals surface area (Å²) in [5, 5.41) is 12.8. The first-order chi connectivity index (χ1) is 10.2. The standard InChI is InChI=1S/C16H25N3O2/c1-2-19-8-5-13(6-9-19)10-16(21)18-12-15(20)14-4-3-7-17-11-14/h3-4,7,11,13,15,20H,2,5-6,8-10,12H2,1H3,(H,18,21)/t15-/m0/s1. The van der Waals surface area contributed by atoms with E-state index in [1.807, 2.05) is 6.07 Å². The van der Waals surface area contributed by atoms with E-state index < -0.39 is 6.10 Å². The molecule has 0 radical (unpaired) electrons. The lowest BCUT2D eigenvalue weighted by Gasteiger charge is -2.30. The maximum Gasteiger partial charge on any atom is 0.220 e. The molecule has 1 aliphatic heterocycles. The van der Waals surface area contributed by atoms with Crippen molar-refractivity contribution in [3.63, 3.8) is 0 Å². The highest BCUT2D eigenvalue weighted by molar-refractivity contribution is 5.76. The van der Waals surface area contributed by atoms with Gasteiger partial charge in [-0.05, 0) is 44.5 Å². The number of rotatable bonds is 6. The number of likely N-dealkylation sites (tertiary alicyclic amines) is 1. The zero-order valence-corrected chi connectivity index (χ0v) is 12.7. The van der Waals surface area contributed by atoms with Gasteiger partial charge in [-0.15, -0.1) is 0 Å². The number of nitrogens with zero attached hydrogens (tertiary/aromatic N) is 2. The van der Waals surface area contributed by atoms with E-state index in [2.05, 4.69) is 22.1 Å². The Hall–Kier alpha value is -1.46. The van der Waals surface area contributed by atoms with Crippen LogP contribution >= 0.6 is 0 Å². The van der Waals surface area contributed by atoms with E-state index in [4.69, 9.17) is 0 Å². The van der Waals surface area contributed by atoms with E-state index in [9.17, 15) is 9.90 Å². The summed E-state index contributed by atoms with van der Waals surface area (Å²) in [7, 11) is 0. The number of hydrogen-bond acceptors (Lipinski definition) is 4. The zero-order valence-electron chi connectivity index (χ0n) is 12.7. The van der Waals surface area contributed by atoms with Gasteiger partial charge < -0.3 is 15.3 Å². The van der Waals surface area contributed by atoms with Gasteiger partial charge in [-0.3, -0.25) is 9.78 Å². The molecule has 1 atom stereocenters. The molecule has 1 amide bonds.